The van der Waals surface area contributed by atoms with E-state index < -0.39 is 23.6 Å². The molecule has 7 heteroatoms. The molecule has 2 N–H and O–H groups in total. The fraction of sp³-hybridized carbons (Fsp3) is 0.300. The van der Waals surface area contributed by atoms with E-state index in [0.29, 0.717) is 0 Å². The van der Waals surface area contributed by atoms with Crippen molar-refractivity contribution in [1.29, 1.82) is 0 Å². The van der Waals surface area contributed by atoms with Crippen LogP contribution in [0.4, 0.5) is 25.4 Å². The van der Waals surface area contributed by atoms with E-state index in [4.69, 9.17) is 9.47 Å². The number of rotatable bonds is 4. The maximum atomic E-state index is 14.5. The molecular formula is C20H23FN2O4. The third-order valence-corrected chi connectivity index (χ3v) is 3.47. The number of halogens is 1. The molecule has 6 nitrogen and oxygen atoms in total. The van der Waals surface area contributed by atoms with Crippen molar-refractivity contribution in [2.45, 2.75) is 39.9 Å². The summed E-state index contributed by atoms with van der Waals surface area (Å²) >= 11 is 0. The standard InChI is InChI=1S/C20H23FN2O4/c1-13-15(22-19(25)27-20(2,3)4)10-11-16(17(13)21)23-18(24)26-12-14-8-6-5-7-9-14/h5-11H,12H2,1-4H3,(H,22,25)(H,23,24). The smallest absolute Gasteiger partial charge is 0.412 e. The Bertz CT molecular complexity index is 817. The van der Waals surface area contributed by atoms with Gasteiger partial charge in [0.1, 0.15) is 12.2 Å². The van der Waals surface area contributed by atoms with Gasteiger partial charge >= 0.3 is 12.2 Å². The lowest BCUT2D eigenvalue weighted by atomic mass is 10.1. The normalized spacial score (nSPS) is 10.9. The summed E-state index contributed by atoms with van der Waals surface area (Å²) in [6.07, 6.45) is -1.46. The molecule has 27 heavy (non-hydrogen) atoms. The van der Waals surface area contributed by atoms with Gasteiger partial charge in [-0.05, 0) is 45.4 Å². The average Bonchev–Trinajstić information content (AvgIpc) is 2.59. The summed E-state index contributed by atoms with van der Waals surface area (Å²) in [5.41, 5.74) is 0.536. The number of anilines is 2. The first-order valence-corrected chi connectivity index (χ1v) is 8.42. The molecule has 0 bridgehead atoms. The van der Waals surface area contributed by atoms with Gasteiger partial charge in [0.2, 0.25) is 0 Å². The second-order valence-electron chi connectivity index (χ2n) is 6.91. The zero-order chi connectivity index (χ0) is 20.0. The summed E-state index contributed by atoms with van der Waals surface area (Å²) in [5, 5.41) is 4.85. The Morgan fingerprint density at radius 2 is 1.56 bits per heavy atom. The van der Waals surface area contributed by atoms with E-state index in [0.717, 1.165) is 5.56 Å². The lowest BCUT2D eigenvalue weighted by molar-refractivity contribution is 0.0635. The SMILES string of the molecule is Cc1c(NC(=O)OC(C)(C)C)ccc(NC(=O)OCc2ccccc2)c1F. The van der Waals surface area contributed by atoms with Gasteiger partial charge in [-0.3, -0.25) is 10.6 Å². The van der Waals surface area contributed by atoms with Crippen molar-refractivity contribution in [2.75, 3.05) is 10.6 Å². The van der Waals surface area contributed by atoms with Gasteiger partial charge in [0.05, 0.1) is 5.69 Å². The molecule has 2 rings (SSSR count). The van der Waals surface area contributed by atoms with Crippen LogP contribution in [0.3, 0.4) is 0 Å². The first-order chi connectivity index (χ1) is 12.7. The van der Waals surface area contributed by atoms with Crippen LogP contribution in [0.25, 0.3) is 0 Å². The van der Waals surface area contributed by atoms with E-state index in [2.05, 4.69) is 10.6 Å². The van der Waals surface area contributed by atoms with Gasteiger partial charge in [-0.15, -0.1) is 0 Å². The summed E-state index contributed by atoms with van der Waals surface area (Å²) in [7, 11) is 0. The maximum Gasteiger partial charge on any atom is 0.412 e. The first kappa shape index (κ1) is 20.2. The fourth-order valence-corrected chi connectivity index (χ4v) is 2.20. The third kappa shape index (κ3) is 6.29. The minimum Gasteiger partial charge on any atom is -0.444 e. The van der Waals surface area contributed by atoms with Crippen molar-refractivity contribution in [2.24, 2.45) is 0 Å². The van der Waals surface area contributed by atoms with Crippen molar-refractivity contribution in [3.05, 3.63) is 59.4 Å². The molecule has 0 fully saturated rings. The Balaban J connectivity index is 1.99. The van der Waals surface area contributed by atoms with Crippen LogP contribution in [0, 0.1) is 12.7 Å². The highest BCUT2D eigenvalue weighted by molar-refractivity contribution is 5.88. The largest absolute Gasteiger partial charge is 0.444 e. The molecule has 0 heterocycles. The second kappa shape index (κ2) is 8.53. The highest BCUT2D eigenvalue weighted by atomic mass is 19.1. The molecule has 0 atom stereocenters. The number of nitrogens with one attached hydrogen (secondary N) is 2. The fourth-order valence-electron chi connectivity index (χ4n) is 2.20. The molecule has 2 amide bonds. The molecule has 0 unspecified atom stereocenters. The Labute approximate surface area is 157 Å². The molecule has 0 aliphatic carbocycles. The molecule has 0 radical (unpaired) electrons. The number of amides is 2. The lowest BCUT2D eigenvalue weighted by Gasteiger charge is -2.20. The Kier molecular flexibility index (Phi) is 6.39. The molecule has 2 aromatic carbocycles. The number of carbonyl (C=O) groups excluding carboxylic acids is 2. The van der Waals surface area contributed by atoms with Crippen molar-refractivity contribution in [3.63, 3.8) is 0 Å². The molecule has 0 aliphatic heterocycles. The van der Waals surface area contributed by atoms with Crippen LogP contribution in [0.1, 0.15) is 31.9 Å². The predicted octanol–water partition coefficient (Wildman–Crippen LogP) is 5.23. The molecule has 0 aromatic heterocycles. The van der Waals surface area contributed by atoms with Crippen LogP contribution < -0.4 is 10.6 Å². The van der Waals surface area contributed by atoms with E-state index in [9.17, 15) is 14.0 Å². The minimum atomic E-state index is -0.773. The van der Waals surface area contributed by atoms with E-state index in [1.807, 2.05) is 30.3 Å². The van der Waals surface area contributed by atoms with Crippen molar-refractivity contribution in [3.8, 4) is 0 Å². The van der Waals surface area contributed by atoms with Crippen molar-refractivity contribution >= 4 is 23.6 Å². The van der Waals surface area contributed by atoms with Gasteiger partial charge in [-0.25, -0.2) is 14.0 Å². The van der Waals surface area contributed by atoms with Crippen LogP contribution in [0.5, 0.6) is 0 Å². The number of benzene rings is 2. The zero-order valence-corrected chi connectivity index (χ0v) is 15.8. The molecule has 0 spiro atoms. The summed E-state index contributed by atoms with van der Waals surface area (Å²) in [6, 6.07) is 12.0. The first-order valence-electron chi connectivity index (χ1n) is 8.42. The van der Waals surface area contributed by atoms with Gasteiger partial charge in [0.15, 0.2) is 5.82 Å². The van der Waals surface area contributed by atoms with E-state index in [-0.39, 0.29) is 23.5 Å². The monoisotopic (exact) mass is 374 g/mol. The number of hydrogen-bond donors (Lipinski definition) is 2. The number of hydrogen-bond acceptors (Lipinski definition) is 4. The molecule has 2 aromatic rings. The van der Waals surface area contributed by atoms with Gasteiger partial charge in [-0.1, -0.05) is 30.3 Å². The van der Waals surface area contributed by atoms with E-state index in [1.165, 1.54) is 19.1 Å². The van der Waals surface area contributed by atoms with E-state index >= 15 is 0 Å². The summed E-state index contributed by atoms with van der Waals surface area (Å²) < 4.78 is 24.7. The van der Waals surface area contributed by atoms with Gasteiger partial charge in [0.25, 0.3) is 0 Å². The predicted molar refractivity (Wildman–Crippen MR) is 101 cm³/mol. The molecule has 144 valence electrons. The summed E-state index contributed by atoms with van der Waals surface area (Å²) in [6.45, 7) is 6.75. The molecule has 0 saturated heterocycles. The van der Waals surface area contributed by atoms with Crippen LogP contribution in [0.15, 0.2) is 42.5 Å². The van der Waals surface area contributed by atoms with Crippen LogP contribution >= 0.6 is 0 Å². The van der Waals surface area contributed by atoms with Crippen LogP contribution in [0.2, 0.25) is 0 Å². The minimum absolute atomic E-state index is 0.0414. The van der Waals surface area contributed by atoms with Gasteiger partial charge in [0, 0.05) is 11.3 Å². The summed E-state index contributed by atoms with van der Waals surface area (Å²) in [4.78, 5) is 23.7. The van der Waals surface area contributed by atoms with E-state index in [1.54, 1.807) is 20.8 Å². The van der Waals surface area contributed by atoms with Crippen LogP contribution in [-0.4, -0.2) is 17.8 Å². The van der Waals surface area contributed by atoms with Crippen molar-refractivity contribution < 1.29 is 23.5 Å². The van der Waals surface area contributed by atoms with Crippen molar-refractivity contribution in [1.82, 2.24) is 0 Å². The second-order valence-corrected chi connectivity index (χ2v) is 6.91. The Hall–Kier alpha value is -3.09. The quantitative estimate of drug-likeness (QED) is 0.768. The van der Waals surface area contributed by atoms with Crippen LogP contribution in [-0.2, 0) is 16.1 Å². The Morgan fingerprint density at radius 3 is 2.19 bits per heavy atom. The lowest BCUT2D eigenvalue weighted by Crippen LogP contribution is -2.27. The number of ether oxygens (including phenoxy) is 2. The molecular weight excluding hydrogens is 351 g/mol. The highest BCUT2D eigenvalue weighted by Gasteiger charge is 2.19. The summed E-state index contributed by atoms with van der Waals surface area (Å²) in [5.74, 6) is -0.666. The van der Waals surface area contributed by atoms with Gasteiger partial charge in [-0.2, -0.15) is 0 Å². The molecule has 0 saturated carbocycles. The Morgan fingerprint density at radius 1 is 0.963 bits per heavy atom. The third-order valence-electron chi connectivity index (χ3n) is 3.47. The zero-order valence-electron chi connectivity index (χ0n) is 15.8. The average molecular weight is 374 g/mol. The number of carbonyl (C=O) groups is 2. The molecule has 0 aliphatic rings. The highest BCUT2D eigenvalue weighted by Crippen LogP contribution is 2.25. The maximum absolute atomic E-state index is 14.5. The topological polar surface area (TPSA) is 76.7 Å². The van der Waals surface area contributed by atoms with Gasteiger partial charge < -0.3 is 9.47 Å².